The van der Waals surface area contributed by atoms with E-state index in [1.54, 1.807) is 12.3 Å². The molecule has 1 atom stereocenters. The van der Waals surface area contributed by atoms with Gasteiger partial charge in [0.1, 0.15) is 17.7 Å². The van der Waals surface area contributed by atoms with Crippen LogP contribution in [-0.2, 0) is 0 Å². The van der Waals surface area contributed by atoms with Crippen molar-refractivity contribution in [1.29, 1.82) is 5.26 Å². The van der Waals surface area contributed by atoms with E-state index in [2.05, 4.69) is 42.3 Å². The topological polar surface area (TPSA) is 94.5 Å². The second-order valence-electron chi connectivity index (χ2n) is 4.90. The molecule has 0 bridgehead atoms. The normalized spacial score (nSPS) is 11.8. The van der Waals surface area contributed by atoms with Crippen LogP contribution in [0.2, 0.25) is 0 Å². The second kappa shape index (κ2) is 6.58. The van der Waals surface area contributed by atoms with Crippen LogP contribution in [0.4, 0.5) is 0 Å². The van der Waals surface area contributed by atoms with Gasteiger partial charge >= 0.3 is 0 Å². The van der Waals surface area contributed by atoms with E-state index in [1.165, 1.54) is 6.33 Å². The lowest BCUT2D eigenvalue weighted by molar-refractivity contribution is 0.0934. The molecule has 0 spiro atoms. The van der Waals surface area contributed by atoms with Crippen molar-refractivity contribution in [3.05, 3.63) is 58.6 Å². The molecule has 0 fully saturated rings. The van der Waals surface area contributed by atoms with Crippen molar-refractivity contribution in [1.82, 2.24) is 20.3 Å². The summed E-state index contributed by atoms with van der Waals surface area (Å²) >= 11 is 3.37. The number of rotatable bonds is 4. The molecular formula is C16H12BrN5O. The predicted octanol–water partition coefficient (Wildman–Crippen LogP) is 3.11. The molecule has 3 aromatic rings. The number of benzene rings is 1. The fourth-order valence-electron chi connectivity index (χ4n) is 2.32. The summed E-state index contributed by atoms with van der Waals surface area (Å²) in [6.07, 6.45) is 3.22. The molecule has 2 aromatic heterocycles. The van der Waals surface area contributed by atoms with Crippen molar-refractivity contribution >= 4 is 32.9 Å². The Balaban J connectivity index is 1.88. The van der Waals surface area contributed by atoms with Gasteiger partial charge in [-0.1, -0.05) is 28.1 Å². The zero-order chi connectivity index (χ0) is 16.2. The number of carbonyl (C=O) groups is 1. The van der Waals surface area contributed by atoms with Crippen molar-refractivity contribution in [3.8, 4) is 6.07 Å². The molecule has 7 heteroatoms. The summed E-state index contributed by atoms with van der Waals surface area (Å²) in [5.74, 6) is -0.333. The number of fused-ring (bicyclic) bond motifs is 1. The van der Waals surface area contributed by atoms with Crippen molar-refractivity contribution < 1.29 is 4.79 Å². The SMILES string of the molecule is N#CC[C@@H](NC(=O)c1ncnc2[nH]ccc12)c1ccc(Br)cc1. The molecule has 23 heavy (non-hydrogen) atoms. The quantitative estimate of drug-likeness (QED) is 0.738. The van der Waals surface area contributed by atoms with Gasteiger partial charge in [0.2, 0.25) is 0 Å². The number of carbonyl (C=O) groups excluding carboxylic acids is 1. The van der Waals surface area contributed by atoms with Gasteiger partial charge in [-0.3, -0.25) is 4.79 Å². The molecule has 0 aliphatic carbocycles. The van der Waals surface area contributed by atoms with E-state index < -0.39 is 6.04 Å². The lowest BCUT2D eigenvalue weighted by Gasteiger charge is -2.16. The molecule has 2 N–H and O–H groups in total. The van der Waals surface area contributed by atoms with Gasteiger partial charge in [-0.25, -0.2) is 9.97 Å². The summed E-state index contributed by atoms with van der Waals surface area (Å²) in [4.78, 5) is 23.6. The highest BCUT2D eigenvalue weighted by Gasteiger charge is 2.19. The van der Waals surface area contributed by atoms with Crippen LogP contribution in [0.25, 0.3) is 11.0 Å². The first-order valence-corrected chi connectivity index (χ1v) is 7.69. The first-order valence-electron chi connectivity index (χ1n) is 6.90. The van der Waals surface area contributed by atoms with E-state index in [0.717, 1.165) is 10.0 Å². The number of nitrogens with zero attached hydrogens (tertiary/aromatic N) is 3. The maximum atomic E-state index is 12.5. The number of halogens is 1. The summed E-state index contributed by atoms with van der Waals surface area (Å²) in [5, 5.41) is 12.6. The number of aromatic nitrogens is 3. The third-order valence-electron chi connectivity index (χ3n) is 3.44. The van der Waals surface area contributed by atoms with Gasteiger partial charge < -0.3 is 10.3 Å². The van der Waals surface area contributed by atoms with Crippen molar-refractivity contribution in [2.45, 2.75) is 12.5 Å². The standard InChI is InChI=1S/C16H12BrN5O/c17-11-3-1-10(2-4-11)13(5-7-18)22-16(23)14-12-6-8-19-15(12)21-9-20-14/h1-4,6,8-9,13H,5H2,(H,22,23)(H,19,20,21)/t13-/m1/s1. The highest BCUT2D eigenvalue weighted by Crippen LogP contribution is 2.21. The lowest BCUT2D eigenvalue weighted by Crippen LogP contribution is -2.29. The number of hydrogen-bond donors (Lipinski definition) is 2. The van der Waals surface area contributed by atoms with Gasteiger partial charge in [0.05, 0.1) is 23.9 Å². The molecule has 1 amide bonds. The molecule has 0 aliphatic rings. The molecule has 0 aliphatic heterocycles. The van der Waals surface area contributed by atoms with Gasteiger partial charge in [-0.05, 0) is 23.8 Å². The second-order valence-corrected chi connectivity index (χ2v) is 5.82. The van der Waals surface area contributed by atoms with Gasteiger partial charge in [-0.15, -0.1) is 0 Å². The molecule has 0 saturated carbocycles. The average Bonchev–Trinajstić information content (AvgIpc) is 3.03. The molecule has 0 unspecified atom stereocenters. The van der Waals surface area contributed by atoms with E-state index in [1.807, 2.05) is 24.3 Å². The zero-order valence-corrected chi connectivity index (χ0v) is 13.5. The van der Waals surface area contributed by atoms with E-state index in [4.69, 9.17) is 5.26 Å². The van der Waals surface area contributed by atoms with Gasteiger partial charge in [-0.2, -0.15) is 5.26 Å². The maximum Gasteiger partial charge on any atom is 0.271 e. The van der Waals surface area contributed by atoms with Crippen molar-refractivity contribution in [3.63, 3.8) is 0 Å². The summed E-state index contributed by atoms with van der Waals surface area (Å²) in [5.41, 5.74) is 1.75. The summed E-state index contributed by atoms with van der Waals surface area (Å²) in [6, 6.07) is 11.0. The van der Waals surface area contributed by atoms with E-state index >= 15 is 0 Å². The van der Waals surface area contributed by atoms with Crippen LogP contribution < -0.4 is 5.32 Å². The van der Waals surface area contributed by atoms with Crippen LogP contribution in [0.15, 0.2) is 47.3 Å². The van der Waals surface area contributed by atoms with E-state index in [9.17, 15) is 4.79 Å². The summed E-state index contributed by atoms with van der Waals surface area (Å²) in [7, 11) is 0. The summed E-state index contributed by atoms with van der Waals surface area (Å²) < 4.78 is 0.938. The van der Waals surface area contributed by atoms with Crippen molar-refractivity contribution in [2.75, 3.05) is 0 Å². The Kier molecular flexibility index (Phi) is 4.35. The molecule has 0 radical (unpaired) electrons. The van der Waals surface area contributed by atoms with Crippen LogP contribution in [0.1, 0.15) is 28.5 Å². The minimum absolute atomic E-state index is 0.175. The molecule has 6 nitrogen and oxygen atoms in total. The summed E-state index contributed by atoms with van der Waals surface area (Å²) in [6.45, 7) is 0. The number of amides is 1. The molecule has 3 rings (SSSR count). The van der Waals surface area contributed by atoms with Gasteiger partial charge in [0.25, 0.3) is 5.91 Å². The molecule has 114 valence electrons. The third kappa shape index (κ3) is 3.22. The molecular weight excluding hydrogens is 358 g/mol. The van der Waals surface area contributed by atoms with Crippen LogP contribution >= 0.6 is 15.9 Å². The predicted molar refractivity (Wildman–Crippen MR) is 88.5 cm³/mol. The molecule has 2 heterocycles. The van der Waals surface area contributed by atoms with Gasteiger partial charge in [0, 0.05) is 10.7 Å². The first-order chi connectivity index (χ1) is 11.2. The number of nitrogens with one attached hydrogen (secondary N) is 2. The largest absolute Gasteiger partial charge is 0.346 e. The number of H-pyrrole nitrogens is 1. The Bertz CT molecular complexity index is 881. The number of aromatic amines is 1. The number of hydrogen-bond acceptors (Lipinski definition) is 4. The fourth-order valence-corrected chi connectivity index (χ4v) is 2.58. The smallest absolute Gasteiger partial charge is 0.271 e. The first kappa shape index (κ1) is 15.2. The van der Waals surface area contributed by atoms with Crippen LogP contribution in [-0.4, -0.2) is 20.9 Å². The van der Waals surface area contributed by atoms with E-state index in [-0.39, 0.29) is 18.0 Å². The van der Waals surface area contributed by atoms with Crippen LogP contribution in [0, 0.1) is 11.3 Å². The highest BCUT2D eigenvalue weighted by atomic mass is 79.9. The fraction of sp³-hybridized carbons (Fsp3) is 0.125. The minimum atomic E-state index is -0.399. The Morgan fingerprint density at radius 2 is 2.09 bits per heavy atom. The highest BCUT2D eigenvalue weighted by molar-refractivity contribution is 9.10. The zero-order valence-electron chi connectivity index (χ0n) is 12.0. The third-order valence-corrected chi connectivity index (χ3v) is 3.97. The Labute approximate surface area is 140 Å². The molecule has 0 saturated heterocycles. The lowest BCUT2D eigenvalue weighted by atomic mass is 10.0. The monoisotopic (exact) mass is 369 g/mol. The van der Waals surface area contributed by atoms with Crippen LogP contribution in [0.3, 0.4) is 0 Å². The van der Waals surface area contributed by atoms with Crippen LogP contribution in [0.5, 0.6) is 0 Å². The Hall–Kier alpha value is -2.72. The minimum Gasteiger partial charge on any atom is -0.346 e. The number of nitriles is 1. The Morgan fingerprint density at radius 3 is 2.83 bits per heavy atom. The Morgan fingerprint density at radius 1 is 1.30 bits per heavy atom. The van der Waals surface area contributed by atoms with E-state index in [0.29, 0.717) is 11.0 Å². The average molecular weight is 370 g/mol. The van der Waals surface area contributed by atoms with Gasteiger partial charge in [0.15, 0.2) is 0 Å². The maximum absolute atomic E-state index is 12.5. The molecule has 1 aromatic carbocycles. The van der Waals surface area contributed by atoms with Crippen molar-refractivity contribution in [2.24, 2.45) is 0 Å².